The number of hydrogen-bond acceptors (Lipinski definition) is 5. The van der Waals surface area contributed by atoms with Crippen molar-refractivity contribution >= 4 is 6.29 Å². The average Bonchev–Trinajstić information content (AvgIpc) is 2.49. The van der Waals surface area contributed by atoms with Gasteiger partial charge in [-0.25, -0.2) is 0 Å². The molecule has 1 N–H and O–H groups in total. The smallest absolute Gasteiger partial charge is 0.224 e. The molecule has 0 aliphatic heterocycles. The fourth-order valence-corrected chi connectivity index (χ4v) is 1.96. The van der Waals surface area contributed by atoms with Crippen LogP contribution in [0.1, 0.15) is 15.9 Å². The van der Waals surface area contributed by atoms with Crippen LogP contribution in [0.2, 0.25) is 0 Å². The van der Waals surface area contributed by atoms with Gasteiger partial charge in [-0.1, -0.05) is 0 Å². The summed E-state index contributed by atoms with van der Waals surface area (Å²) in [5.74, 6) is 0.826. The molecule has 104 valence electrons. The Hall–Kier alpha value is -2.56. The molecule has 0 atom stereocenters. The number of ether oxygens (including phenoxy) is 2. The Labute approximate surface area is 116 Å². The predicted octanol–water partition coefficient (Wildman–Crippen LogP) is 2.59. The molecule has 2 rings (SSSR count). The Morgan fingerprint density at radius 1 is 1.20 bits per heavy atom. The first-order valence-corrected chi connectivity index (χ1v) is 5.99. The first kappa shape index (κ1) is 13.9. The van der Waals surface area contributed by atoms with Crippen LogP contribution >= 0.6 is 0 Å². The number of aromatic hydroxyl groups is 1. The zero-order valence-electron chi connectivity index (χ0n) is 11.5. The molecule has 0 unspecified atom stereocenters. The Morgan fingerprint density at radius 2 is 1.95 bits per heavy atom. The maximum absolute atomic E-state index is 11.0. The van der Waals surface area contributed by atoms with Crippen LogP contribution in [-0.2, 0) is 0 Å². The molecule has 0 saturated carbocycles. The second kappa shape index (κ2) is 5.61. The zero-order chi connectivity index (χ0) is 14.7. The number of rotatable bonds is 4. The van der Waals surface area contributed by atoms with E-state index in [2.05, 4.69) is 4.98 Å². The third-order valence-corrected chi connectivity index (χ3v) is 3.01. The molecule has 0 amide bonds. The molecule has 1 heterocycles. The van der Waals surface area contributed by atoms with Crippen LogP contribution in [-0.4, -0.2) is 30.6 Å². The van der Waals surface area contributed by atoms with Gasteiger partial charge in [0.1, 0.15) is 5.75 Å². The molecular formula is C15H15NO4. The lowest BCUT2D eigenvalue weighted by molar-refractivity contribution is 0.112. The highest BCUT2D eigenvalue weighted by molar-refractivity contribution is 5.84. The van der Waals surface area contributed by atoms with Gasteiger partial charge in [0.25, 0.3) is 0 Å². The molecule has 1 aromatic heterocycles. The summed E-state index contributed by atoms with van der Waals surface area (Å²) >= 11 is 0. The fraction of sp³-hybridized carbons (Fsp3) is 0.200. The molecule has 1 aromatic carbocycles. The number of benzene rings is 1. The molecule has 0 radical (unpaired) electrons. The normalized spacial score (nSPS) is 10.2. The Kier molecular flexibility index (Phi) is 3.89. The predicted molar refractivity (Wildman–Crippen MR) is 74.6 cm³/mol. The van der Waals surface area contributed by atoms with E-state index in [-0.39, 0.29) is 11.3 Å². The molecule has 0 aliphatic rings. The molecule has 20 heavy (non-hydrogen) atoms. The highest BCUT2D eigenvalue weighted by atomic mass is 16.5. The van der Waals surface area contributed by atoms with Gasteiger partial charge in [-0.3, -0.25) is 4.79 Å². The lowest BCUT2D eigenvalue weighted by Crippen LogP contribution is -1.96. The summed E-state index contributed by atoms with van der Waals surface area (Å²) in [6.45, 7) is 1.73. The molecule has 0 aliphatic carbocycles. The minimum atomic E-state index is -0.0100. The summed E-state index contributed by atoms with van der Waals surface area (Å²) < 4.78 is 10.3. The van der Waals surface area contributed by atoms with Crippen molar-refractivity contribution in [3.05, 3.63) is 35.4 Å². The van der Waals surface area contributed by atoms with Crippen LogP contribution in [0, 0.1) is 6.92 Å². The summed E-state index contributed by atoms with van der Waals surface area (Å²) in [6.07, 6.45) is 0.620. The van der Waals surface area contributed by atoms with Crippen LogP contribution in [0.4, 0.5) is 0 Å². The molecule has 5 nitrogen and oxygen atoms in total. The van der Waals surface area contributed by atoms with Crippen LogP contribution in [0.15, 0.2) is 24.3 Å². The van der Waals surface area contributed by atoms with E-state index in [9.17, 15) is 9.90 Å². The largest absolute Gasteiger partial charge is 0.507 e. The van der Waals surface area contributed by atoms with Crippen molar-refractivity contribution in [2.45, 2.75) is 6.92 Å². The van der Waals surface area contributed by atoms with Gasteiger partial charge in [-0.05, 0) is 36.2 Å². The Morgan fingerprint density at radius 3 is 2.55 bits per heavy atom. The lowest BCUT2D eigenvalue weighted by Gasteiger charge is -2.11. The van der Waals surface area contributed by atoms with Gasteiger partial charge in [0.2, 0.25) is 11.8 Å². The van der Waals surface area contributed by atoms with Crippen molar-refractivity contribution in [3.8, 4) is 28.6 Å². The third kappa shape index (κ3) is 2.42. The van der Waals surface area contributed by atoms with E-state index in [1.165, 1.54) is 14.2 Å². The van der Waals surface area contributed by atoms with Crippen molar-refractivity contribution in [2.24, 2.45) is 0 Å². The van der Waals surface area contributed by atoms with Crippen LogP contribution < -0.4 is 9.47 Å². The lowest BCUT2D eigenvalue weighted by atomic mass is 10.0. The van der Waals surface area contributed by atoms with E-state index in [1.54, 1.807) is 31.2 Å². The maximum Gasteiger partial charge on any atom is 0.224 e. The van der Waals surface area contributed by atoms with E-state index in [0.29, 0.717) is 23.6 Å². The van der Waals surface area contributed by atoms with Gasteiger partial charge < -0.3 is 14.6 Å². The first-order valence-electron chi connectivity index (χ1n) is 5.99. The summed E-state index contributed by atoms with van der Waals surface area (Å²) in [4.78, 5) is 15.2. The standard InChI is InChI=1S/C15H15NO4/c1-9-6-10(7-11(8-17)14(9)18)12-4-5-13(19-2)16-15(12)20-3/h4-8,18H,1-3H3. The second-order valence-corrected chi connectivity index (χ2v) is 4.26. The van der Waals surface area contributed by atoms with Gasteiger partial charge in [-0.2, -0.15) is 4.98 Å². The van der Waals surface area contributed by atoms with E-state index in [0.717, 1.165) is 11.1 Å². The molecule has 5 heteroatoms. The number of hydrogen-bond donors (Lipinski definition) is 1. The number of aryl methyl sites for hydroxylation is 1. The highest BCUT2D eigenvalue weighted by Gasteiger charge is 2.13. The third-order valence-electron chi connectivity index (χ3n) is 3.01. The van der Waals surface area contributed by atoms with Gasteiger partial charge in [-0.15, -0.1) is 0 Å². The average molecular weight is 273 g/mol. The number of pyridine rings is 1. The SMILES string of the molecule is COc1ccc(-c2cc(C)c(O)c(C=O)c2)c(OC)n1. The van der Waals surface area contributed by atoms with Crippen molar-refractivity contribution in [3.63, 3.8) is 0 Å². The van der Waals surface area contributed by atoms with Gasteiger partial charge >= 0.3 is 0 Å². The van der Waals surface area contributed by atoms with Crippen LogP contribution in [0.3, 0.4) is 0 Å². The Bertz CT molecular complexity index is 653. The summed E-state index contributed by atoms with van der Waals surface area (Å²) in [5.41, 5.74) is 2.31. The van der Waals surface area contributed by atoms with E-state index in [4.69, 9.17) is 9.47 Å². The van der Waals surface area contributed by atoms with Crippen molar-refractivity contribution in [1.29, 1.82) is 0 Å². The number of methoxy groups -OCH3 is 2. The molecular weight excluding hydrogens is 258 g/mol. The zero-order valence-corrected chi connectivity index (χ0v) is 11.5. The number of aldehydes is 1. The summed E-state index contributed by atoms with van der Waals surface area (Å²) in [5, 5.41) is 9.78. The van der Waals surface area contributed by atoms with Crippen LogP contribution in [0.5, 0.6) is 17.5 Å². The molecule has 2 aromatic rings. The number of phenols is 1. The molecule has 0 spiro atoms. The van der Waals surface area contributed by atoms with E-state index in [1.807, 2.05) is 0 Å². The second-order valence-electron chi connectivity index (χ2n) is 4.26. The number of aromatic nitrogens is 1. The maximum atomic E-state index is 11.0. The minimum Gasteiger partial charge on any atom is -0.507 e. The fourth-order valence-electron chi connectivity index (χ4n) is 1.96. The van der Waals surface area contributed by atoms with Gasteiger partial charge in [0, 0.05) is 11.6 Å². The monoisotopic (exact) mass is 273 g/mol. The molecule has 0 bridgehead atoms. The number of phenolic OH excluding ortho intramolecular Hbond substituents is 1. The number of carbonyl (C=O) groups excluding carboxylic acids is 1. The first-order chi connectivity index (χ1) is 9.60. The van der Waals surface area contributed by atoms with E-state index < -0.39 is 0 Å². The molecule has 0 fully saturated rings. The summed E-state index contributed by atoms with van der Waals surface area (Å²) in [7, 11) is 3.04. The quantitative estimate of drug-likeness (QED) is 0.867. The topological polar surface area (TPSA) is 68.7 Å². The molecule has 0 saturated heterocycles. The van der Waals surface area contributed by atoms with Crippen molar-refractivity contribution < 1.29 is 19.4 Å². The van der Waals surface area contributed by atoms with Gasteiger partial charge in [0.05, 0.1) is 19.8 Å². The number of carbonyl (C=O) groups is 1. The number of nitrogens with zero attached hydrogens (tertiary/aromatic N) is 1. The van der Waals surface area contributed by atoms with Crippen molar-refractivity contribution in [1.82, 2.24) is 4.98 Å². The highest BCUT2D eigenvalue weighted by Crippen LogP contribution is 2.34. The van der Waals surface area contributed by atoms with Gasteiger partial charge in [0.15, 0.2) is 6.29 Å². The van der Waals surface area contributed by atoms with Crippen LogP contribution in [0.25, 0.3) is 11.1 Å². The van der Waals surface area contributed by atoms with E-state index >= 15 is 0 Å². The minimum absolute atomic E-state index is 0.0100. The summed E-state index contributed by atoms with van der Waals surface area (Å²) in [6, 6.07) is 6.88. The Balaban J connectivity index is 2.62. The van der Waals surface area contributed by atoms with Crippen molar-refractivity contribution in [2.75, 3.05) is 14.2 Å².